The van der Waals surface area contributed by atoms with Crippen molar-refractivity contribution in [1.29, 1.82) is 0 Å². The van der Waals surface area contributed by atoms with Crippen LogP contribution in [0.25, 0.3) is 5.57 Å². The summed E-state index contributed by atoms with van der Waals surface area (Å²) in [4.78, 5) is 12.1. The van der Waals surface area contributed by atoms with E-state index < -0.39 is 0 Å². The predicted octanol–water partition coefficient (Wildman–Crippen LogP) is 5.42. The summed E-state index contributed by atoms with van der Waals surface area (Å²) in [6.07, 6.45) is 2.58. The second kappa shape index (κ2) is 8.68. The summed E-state index contributed by atoms with van der Waals surface area (Å²) in [6, 6.07) is 18.3. The first kappa shape index (κ1) is 17.5. The van der Waals surface area contributed by atoms with Gasteiger partial charge in [0.05, 0.1) is 7.11 Å². The molecule has 2 aromatic rings. The minimum Gasteiger partial charge on any atom is -0.466 e. The smallest absolute Gasteiger partial charge is 0.334 e. The number of hydrogen-bond acceptors (Lipinski definition) is 2. The molecule has 23 heavy (non-hydrogen) atoms. The third kappa shape index (κ3) is 5.07. The lowest BCUT2D eigenvalue weighted by Crippen LogP contribution is -2.07. The molecule has 0 atom stereocenters. The first-order valence-electron chi connectivity index (χ1n) is 7.69. The Labute approximate surface area is 146 Å². The average Bonchev–Trinajstić information content (AvgIpc) is 2.59. The zero-order valence-electron chi connectivity index (χ0n) is 13.5. The molecule has 2 nitrogen and oxygen atoms in total. The Hall–Kier alpha value is -1.87. The van der Waals surface area contributed by atoms with Crippen molar-refractivity contribution in [3.8, 4) is 0 Å². The topological polar surface area (TPSA) is 26.3 Å². The summed E-state index contributed by atoms with van der Waals surface area (Å²) in [5, 5.41) is 0. The van der Waals surface area contributed by atoms with Crippen molar-refractivity contribution in [3.63, 3.8) is 0 Å². The lowest BCUT2D eigenvalue weighted by Gasteiger charge is -2.11. The summed E-state index contributed by atoms with van der Waals surface area (Å²) >= 11 is 3.43. The van der Waals surface area contributed by atoms with Gasteiger partial charge in [-0.1, -0.05) is 58.4 Å². The van der Waals surface area contributed by atoms with Crippen molar-refractivity contribution in [1.82, 2.24) is 0 Å². The van der Waals surface area contributed by atoms with E-state index in [0.717, 1.165) is 34.0 Å². The van der Waals surface area contributed by atoms with Crippen molar-refractivity contribution in [2.75, 3.05) is 7.11 Å². The van der Waals surface area contributed by atoms with Crippen LogP contribution in [0.1, 0.15) is 30.9 Å². The Bertz CT molecular complexity index is 673. The first-order valence-corrected chi connectivity index (χ1v) is 8.49. The van der Waals surface area contributed by atoms with Crippen LogP contribution in [0.2, 0.25) is 0 Å². The van der Waals surface area contributed by atoms with E-state index in [9.17, 15) is 4.79 Å². The molecule has 0 radical (unpaired) electrons. The SMILES string of the molecule is COC(=O)/C(CCCc1ccccc1)=C(/C)c1ccc(Br)cc1. The molecule has 2 rings (SSSR count). The highest BCUT2D eigenvalue weighted by Crippen LogP contribution is 2.24. The van der Waals surface area contributed by atoms with Crippen LogP contribution in [-0.2, 0) is 16.0 Å². The normalized spacial score (nSPS) is 11.8. The van der Waals surface area contributed by atoms with Gasteiger partial charge in [0.2, 0.25) is 0 Å². The van der Waals surface area contributed by atoms with Gasteiger partial charge in [0.1, 0.15) is 0 Å². The van der Waals surface area contributed by atoms with Crippen LogP contribution in [0, 0.1) is 0 Å². The molecule has 0 amide bonds. The fourth-order valence-corrected chi connectivity index (χ4v) is 2.82. The molecule has 0 fully saturated rings. The zero-order chi connectivity index (χ0) is 16.7. The maximum atomic E-state index is 12.1. The largest absolute Gasteiger partial charge is 0.466 e. The van der Waals surface area contributed by atoms with E-state index in [1.165, 1.54) is 12.7 Å². The van der Waals surface area contributed by atoms with Crippen molar-refractivity contribution >= 4 is 27.5 Å². The zero-order valence-corrected chi connectivity index (χ0v) is 15.1. The predicted molar refractivity (Wildman–Crippen MR) is 98.1 cm³/mol. The van der Waals surface area contributed by atoms with Gasteiger partial charge >= 0.3 is 5.97 Å². The van der Waals surface area contributed by atoms with Crippen LogP contribution >= 0.6 is 15.9 Å². The maximum absolute atomic E-state index is 12.1. The number of esters is 1. The molecule has 0 aliphatic rings. The van der Waals surface area contributed by atoms with E-state index in [1.807, 2.05) is 49.4 Å². The number of carbonyl (C=O) groups is 1. The van der Waals surface area contributed by atoms with Crippen LogP contribution in [0.5, 0.6) is 0 Å². The first-order chi connectivity index (χ1) is 11.1. The number of benzene rings is 2. The van der Waals surface area contributed by atoms with E-state index in [1.54, 1.807) is 0 Å². The molecule has 3 heteroatoms. The van der Waals surface area contributed by atoms with Gasteiger partial charge in [0, 0.05) is 10.0 Å². The number of halogens is 1. The van der Waals surface area contributed by atoms with Crippen molar-refractivity contribution in [2.24, 2.45) is 0 Å². The summed E-state index contributed by atoms with van der Waals surface area (Å²) < 4.78 is 6.00. The van der Waals surface area contributed by atoms with Crippen molar-refractivity contribution < 1.29 is 9.53 Å². The summed E-state index contributed by atoms with van der Waals surface area (Å²) in [7, 11) is 1.44. The minimum atomic E-state index is -0.238. The number of hydrogen-bond donors (Lipinski definition) is 0. The molecule has 0 saturated heterocycles. The molecular weight excluding hydrogens is 352 g/mol. The van der Waals surface area contributed by atoms with Gasteiger partial charge in [-0.05, 0) is 55.0 Å². The van der Waals surface area contributed by atoms with Crippen molar-refractivity contribution in [2.45, 2.75) is 26.2 Å². The maximum Gasteiger partial charge on any atom is 0.334 e. The second-order valence-corrected chi connectivity index (χ2v) is 6.36. The van der Waals surface area contributed by atoms with E-state index in [0.29, 0.717) is 6.42 Å². The van der Waals surface area contributed by atoms with E-state index in [-0.39, 0.29) is 5.97 Å². The van der Waals surface area contributed by atoms with Crippen LogP contribution in [0.4, 0.5) is 0 Å². The highest BCUT2D eigenvalue weighted by molar-refractivity contribution is 9.10. The fraction of sp³-hybridized carbons (Fsp3) is 0.250. The number of methoxy groups -OCH3 is 1. The molecule has 0 saturated carbocycles. The molecule has 2 aromatic carbocycles. The Balaban J connectivity index is 2.14. The quantitative estimate of drug-likeness (QED) is 0.499. The summed E-state index contributed by atoms with van der Waals surface area (Å²) in [5.41, 5.74) is 4.08. The lowest BCUT2D eigenvalue weighted by atomic mass is 9.96. The highest BCUT2D eigenvalue weighted by Gasteiger charge is 2.14. The molecule has 0 aromatic heterocycles. The minimum absolute atomic E-state index is 0.238. The summed E-state index contributed by atoms with van der Waals surface area (Å²) in [5.74, 6) is -0.238. The van der Waals surface area contributed by atoms with Crippen LogP contribution < -0.4 is 0 Å². The third-order valence-electron chi connectivity index (χ3n) is 3.90. The molecule has 0 bridgehead atoms. The van der Waals surface area contributed by atoms with Gasteiger partial charge in [0.15, 0.2) is 0 Å². The molecular formula is C20H21BrO2. The van der Waals surface area contributed by atoms with Gasteiger partial charge in [-0.3, -0.25) is 0 Å². The van der Waals surface area contributed by atoms with E-state index >= 15 is 0 Å². The summed E-state index contributed by atoms with van der Waals surface area (Å²) in [6.45, 7) is 1.98. The van der Waals surface area contributed by atoms with Gasteiger partial charge in [-0.15, -0.1) is 0 Å². The van der Waals surface area contributed by atoms with Crippen LogP contribution in [0.3, 0.4) is 0 Å². The molecule has 0 aliphatic heterocycles. The number of rotatable bonds is 6. The third-order valence-corrected chi connectivity index (χ3v) is 4.43. The van der Waals surface area contributed by atoms with Gasteiger partial charge in [-0.2, -0.15) is 0 Å². The molecule has 0 unspecified atom stereocenters. The average molecular weight is 373 g/mol. The van der Waals surface area contributed by atoms with Gasteiger partial charge in [-0.25, -0.2) is 4.79 Å². The lowest BCUT2D eigenvalue weighted by molar-refractivity contribution is -0.136. The van der Waals surface area contributed by atoms with Gasteiger partial charge < -0.3 is 4.74 Å². The molecule has 120 valence electrons. The Morgan fingerprint density at radius 2 is 1.70 bits per heavy atom. The number of aryl methyl sites for hydroxylation is 1. The molecule has 0 spiro atoms. The van der Waals surface area contributed by atoms with E-state index in [2.05, 4.69) is 28.1 Å². The highest BCUT2D eigenvalue weighted by atomic mass is 79.9. The number of ether oxygens (including phenoxy) is 1. The number of carbonyl (C=O) groups excluding carboxylic acids is 1. The fourth-order valence-electron chi connectivity index (χ4n) is 2.55. The monoisotopic (exact) mass is 372 g/mol. The molecule has 0 N–H and O–H groups in total. The molecule has 0 aliphatic carbocycles. The van der Waals surface area contributed by atoms with Crippen molar-refractivity contribution in [3.05, 3.63) is 75.8 Å². The second-order valence-electron chi connectivity index (χ2n) is 5.44. The van der Waals surface area contributed by atoms with Gasteiger partial charge in [0.25, 0.3) is 0 Å². The van der Waals surface area contributed by atoms with Crippen LogP contribution in [0.15, 0.2) is 64.6 Å². The number of allylic oxidation sites excluding steroid dienone is 1. The Morgan fingerprint density at radius 1 is 1.04 bits per heavy atom. The standard InChI is InChI=1S/C20H21BrO2/c1-15(17-11-13-18(21)14-12-17)19(20(22)23-2)10-6-9-16-7-4-3-5-8-16/h3-5,7-8,11-14H,6,9-10H2,1-2H3/b19-15-. The Kier molecular flexibility index (Phi) is 6.60. The van der Waals surface area contributed by atoms with Crippen LogP contribution in [-0.4, -0.2) is 13.1 Å². The molecule has 0 heterocycles. The van der Waals surface area contributed by atoms with E-state index in [4.69, 9.17) is 4.74 Å². The Morgan fingerprint density at radius 3 is 2.30 bits per heavy atom.